The Kier molecular flexibility index (Phi) is 7.78. The number of thioether (sulfide) groups is 1. The third-order valence-corrected chi connectivity index (χ3v) is 6.03. The molecule has 150 valence electrons. The Morgan fingerprint density at radius 1 is 1.18 bits per heavy atom. The summed E-state index contributed by atoms with van der Waals surface area (Å²) in [7, 11) is 0. The van der Waals surface area contributed by atoms with Crippen molar-refractivity contribution in [1.82, 2.24) is 5.32 Å². The van der Waals surface area contributed by atoms with Crippen LogP contribution in [0.5, 0.6) is 5.75 Å². The van der Waals surface area contributed by atoms with Crippen molar-refractivity contribution in [2.24, 2.45) is 0 Å². The first-order valence-corrected chi connectivity index (χ1v) is 11.2. The molecule has 5 heteroatoms. The van der Waals surface area contributed by atoms with E-state index in [1.165, 1.54) is 30.0 Å². The molecule has 0 fully saturated rings. The van der Waals surface area contributed by atoms with E-state index in [1.54, 1.807) is 23.9 Å². The van der Waals surface area contributed by atoms with Gasteiger partial charge in [-0.25, -0.2) is 4.39 Å². The standard InChI is InChI=1S/C23H28FNO2S/c1-2-22(27-20-12-11-17-7-3-4-8-18(17)15-20)23(26)25-13-14-28-16-19-9-5-6-10-21(19)24/h5-6,9-12,15,22H,2-4,7-8,13-14,16H2,1H3,(H,25,26)/t22-/m0/s1. The van der Waals surface area contributed by atoms with Crippen LogP contribution in [-0.4, -0.2) is 24.3 Å². The van der Waals surface area contributed by atoms with Gasteiger partial charge in [0.2, 0.25) is 0 Å². The van der Waals surface area contributed by atoms with Crippen molar-refractivity contribution in [2.75, 3.05) is 12.3 Å². The van der Waals surface area contributed by atoms with E-state index in [0.717, 1.165) is 24.3 Å². The Labute approximate surface area is 171 Å². The summed E-state index contributed by atoms with van der Waals surface area (Å²) >= 11 is 1.61. The lowest BCUT2D eigenvalue weighted by molar-refractivity contribution is -0.127. The first-order chi connectivity index (χ1) is 13.7. The second kappa shape index (κ2) is 10.5. The number of benzene rings is 2. The molecule has 2 aromatic carbocycles. The number of hydrogen-bond donors (Lipinski definition) is 1. The number of rotatable bonds is 9. The molecule has 0 radical (unpaired) electrons. The Bertz CT molecular complexity index is 796. The zero-order valence-electron chi connectivity index (χ0n) is 16.4. The van der Waals surface area contributed by atoms with Gasteiger partial charge in [0.05, 0.1) is 0 Å². The predicted octanol–water partition coefficient (Wildman–Crippen LogP) is 4.91. The highest BCUT2D eigenvalue weighted by molar-refractivity contribution is 7.98. The summed E-state index contributed by atoms with van der Waals surface area (Å²) in [6.45, 7) is 2.50. The second-order valence-corrected chi connectivity index (χ2v) is 8.19. The van der Waals surface area contributed by atoms with Crippen LogP contribution in [0.2, 0.25) is 0 Å². The maximum Gasteiger partial charge on any atom is 0.261 e. The molecular weight excluding hydrogens is 373 g/mol. The summed E-state index contributed by atoms with van der Waals surface area (Å²) in [5.41, 5.74) is 3.45. The number of aryl methyl sites for hydroxylation is 2. The molecule has 0 aromatic heterocycles. The molecule has 3 rings (SSSR count). The number of fused-ring (bicyclic) bond motifs is 1. The van der Waals surface area contributed by atoms with Crippen molar-refractivity contribution in [2.45, 2.75) is 50.9 Å². The fraction of sp³-hybridized carbons (Fsp3) is 0.435. The van der Waals surface area contributed by atoms with Crippen LogP contribution < -0.4 is 10.1 Å². The van der Waals surface area contributed by atoms with E-state index in [2.05, 4.69) is 17.4 Å². The first-order valence-electron chi connectivity index (χ1n) is 10.0. The van der Waals surface area contributed by atoms with Crippen LogP contribution in [0.25, 0.3) is 0 Å². The molecule has 1 aliphatic carbocycles. The van der Waals surface area contributed by atoms with Crippen LogP contribution in [0.15, 0.2) is 42.5 Å². The minimum atomic E-state index is -0.488. The zero-order chi connectivity index (χ0) is 19.8. The van der Waals surface area contributed by atoms with Gasteiger partial charge >= 0.3 is 0 Å². The molecule has 2 aromatic rings. The molecule has 28 heavy (non-hydrogen) atoms. The summed E-state index contributed by atoms with van der Waals surface area (Å²) in [6.07, 6.45) is 4.83. The number of halogens is 1. The van der Waals surface area contributed by atoms with E-state index in [0.29, 0.717) is 24.3 Å². The van der Waals surface area contributed by atoms with Gasteiger partial charge in [0, 0.05) is 18.1 Å². The van der Waals surface area contributed by atoms with Crippen LogP contribution in [-0.2, 0) is 23.4 Å². The molecule has 1 aliphatic rings. The van der Waals surface area contributed by atoms with E-state index >= 15 is 0 Å². The van der Waals surface area contributed by atoms with Crippen molar-refractivity contribution in [1.29, 1.82) is 0 Å². The Balaban J connectivity index is 1.43. The topological polar surface area (TPSA) is 38.3 Å². The third kappa shape index (κ3) is 5.74. The zero-order valence-corrected chi connectivity index (χ0v) is 17.2. The van der Waals surface area contributed by atoms with Crippen molar-refractivity contribution in [3.8, 4) is 5.75 Å². The molecule has 1 N–H and O–H groups in total. The summed E-state index contributed by atoms with van der Waals surface area (Å²) in [4.78, 5) is 12.4. The molecule has 0 unspecified atom stereocenters. The van der Waals surface area contributed by atoms with Crippen molar-refractivity contribution < 1.29 is 13.9 Å². The van der Waals surface area contributed by atoms with E-state index in [-0.39, 0.29) is 11.7 Å². The lowest BCUT2D eigenvalue weighted by atomic mass is 9.92. The smallest absolute Gasteiger partial charge is 0.261 e. The summed E-state index contributed by atoms with van der Waals surface area (Å²) < 4.78 is 19.6. The Morgan fingerprint density at radius 2 is 1.96 bits per heavy atom. The quantitative estimate of drug-likeness (QED) is 0.607. The van der Waals surface area contributed by atoms with Gasteiger partial charge in [0.1, 0.15) is 11.6 Å². The van der Waals surface area contributed by atoms with Crippen LogP contribution in [0, 0.1) is 5.82 Å². The molecule has 0 heterocycles. The minimum Gasteiger partial charge on any atom is -0.481 e. The number of hydrogen-bond acceptors (Lipinski definition) is 3. The van der Waals surface area contributed by atoms with E-state index in [4.69, 9.17) is 4.74 Å². The molecule has 0 bridgehead atoms. The number of nitrogens with one attached hydrogen (secondary N) is 1. The normalized spacial score (nSPS) is 14.2. The van der Waals surface area contributed by atoms with Gasteiger partial charge < -0.3 is 10.1 Å². The van der Waals surface area contributed by atoms with Gasteiger partial charge in [-0.2, -0.15) is 11.8 Å². The number of amides is 1. The summed E-state index contributed by atoms with van der Waals surface area (Å²) in [5.74, 6) is 1.84. The molecule has 3 nitrogen and oxygen atoms in total. The third-order valence-electron chi connectivity index (χ3n) is 5.02. The fourth-order valence-electron chi connectivity index (χ4n) is 3.43. The summed E-state index contributed by atoms with van der Waals surface area (Å²) in [6, 6.07) is 13.0. The van der Waals surface area contributed by atoms with Crippen LogP contribution in [0.1, 0.15) is 42.9 Å². The van der Waals surface area contributed by atoms with Crippen molar-refractivity contribution >= 4 is 17.7 Å². The lowest BCUT2D eigenvalue weighted by Crippen LogP contribution is -2.39. The van der Waals surface area contributed by atoms with Gasteiger partial charge in [-0.05, 0) is 67.0 Å². The first kappa shape index (κ1) is 20.7. The molecule has 0 saturated carbocycles. The maximum absolute atomic E-state index is 13.6. The van der Waals surface area contributed by atoms with Gasteiger partial charge in [-0.15, -0.1) is 0 Å². The van der Waals surface area contributed by atoms with E-state index < -0.39 is 6.10 Å². The van der Waals surface area contributed by atoms with Crippen LogP contribution >= 0.6 is 11.8 Å². The fourth-order valence-corrected chi connectivity index (χ4v) is 4.27. The molecule has 0 saturated heterocycles. The minimum absolute atomic E-state index is 0.0910. The van der Waals surface area contributed by atoms with Gasteiger partial charge in [-0.3, -0.25) is 4.79 Å². The Hall–Kier alpha value is -2.01. The number of carbonyl (C=O) groups is 1. The number of ether oxygens (including phenoxy) is 1. The van der Waals surface area contributed by atoms with Gasteiger partial charge in [-0.1, -0.05) is 31.2 Å². The summed E-state index contributed by atoms with van der Waals surface area (Å²) in [5, 5.41) is 2.94. The predicted molar refractivity (Wildman–Crippen MR) is 113 cm³/mol. The average molecular weight is 402 g/mol. The molecule has 1 amide bonds. The van der Waals surface area contributed by atoms with Gasteiger partial charge in [0.15, 0.2) is 6.10 Å². The average Bonchev–Trinajstić information content (AvgIpc) is 2.72. The van der Waals surface area contributed by atoms with E-state index in [9.17, 15) is 9.18 Å². The molecule has 0 spiro atoms. The van der Waals surface area contributed by atoms with Crippen LogP contribution in [0.4, 0.5) is 4.39 Å². The van der Waals surface area contributed by atoms with Crippen molar-refractivity contribution in [3.63, 3.8) is 0 Å². The largest absolute Gasteiger partial charge is 0.481 e. The highest BCUT2D eigenvalue weighted by Gasteiger charge is 2.19. The lowest BCUT2D eigenvalue weighted by Gasteiger charge is -2.20. The number of carbonyl (C=O) groups excluding carboxylic acids is 1. The van der Waals surface area contributed by atoms with Crippen LogP contribution in [0.3, 0.4) is 0 Å². The monoisotopic (exact) mass is 401 g/mol. The molecule has 1 atom stereocenters. The molecular formula is C23H28FNO2S. The maximum atomic E-state index is 13.6. The molecule has 0 aliphatic heterocycles. The SMILES string of the molecule is CC[C@H](Oc1ccc2c(c1)CCCC2)C(=O)NCCSCc1ccccc1F. The second-order valence-electron chi connectivity index (χ2n) is 7.09. The highest BCUT2D eigenvalue weighted by atomic mass is 32.2. The Morgan fingerprint density at radius 3 is 2.75 bits per heavy atom. The highest BCUT2D eigenvalue weighted by Crippen LogP contribution is 2.26. The van der Waals surface area contributed by atoms with Crippen molar-refractivity contribution in [3.05, 3.63) is 65.0 Å². The van der Waals surface area contributed by atoms with Gasteiger partial charge in [0.25, 0.3) is 5.91 Å². The van der Waals surface area contributed by atoms with E-state index in [1.807, 2.05) is 19.1 Å².